The minimum atomic E-state index is -1.50. The molecule has 0 heterocycles. The van der Waals surface area contributed by atoms with E-state index in [9.17, 15) is 28.8 Å². The second-order valence-electron chi connectivity index (χ2n) is 11.0. The number of esters is 2. The van der Waals surface area contributed by atoms with Crippen LogP contribution in [-0.2, 0) is 43.0 Å². The van der Waals surface area contributed by atoms with Gasteiger partial charge in [-0.15, -0.1) is 6.58 Å². The number of hydrogen-bond donors (Lipinski definition) is 2. The Balaban J connectivity index is 6.76. The van der Waals surface area contributed by atoms with Crippen LogP contribution in [0.15, 0.2) is 12.7 Å². The number of ether oxygens (including phenoxy) is 3. The Hall–Kier alpha value is -3.48. The van der Waals surface area contributed by atoms with Gasteiger partial charge in [-0.3, -0.25) is 28.8 Å². The van der Waals surface area contributed by atoms with E-state index in [1.165, 1.54) is 21.1 Å². The van der Waals surface area contributed by atoms with Crippen LogP contribution in [0.2, 0.25) is 0 Å². The molecule has 1 unspecified atom stereocenters. The number of nitrogens with zero attached hydrogens (tertiary/aromatic N) is 2. The van der Waals surface area contributed by atoms with Crippen molar-refractivity contribution in [1.29, 1.82) is 0 Å². The highest BCUT2D eigenvalue weighted by Gasteiger charge is 2.42. The first-order valence-electron chi connectivity index (χ1n) is 14.0. The predicted octanol–water partition coefficient (Wildman–Crippen LogP) is 1.05. The van der Waals surface area contributed by atoms with Crippen LogP contribution in [0.3, 0.4) is 0 Å². The third kappa shape index (κ3) is 11.4. The largest absolute Gasteiger partial charge is 0.468 e. The standard InChI is InChI=1S/C29H50N4O9/c1-12-14-22(34)32(8)20(16-19(27(38)40-10)28(39)41-11)26(37)33(9)21(17-29(5,6)42-15-13-2)24(35)31-23(18(3)4)25(36)30-7/h13,18-21,23H,2,12,14-17H2,1,3-11H3,(H,30,36)(H,31,35)/t20?,21-,23-/m0/s1. The van der Waals surface area contributed by atoms with Crippen molar-refractivity contribution in [2.45, 2.75) is 84.0 Å². The van der Waals surface area contributed by atoms with Crippen LogP contribution in [0, 0.1) is 11.8 Å². The SMILES string of the molecule is C=CCOC(C)(C)C[C@@H](C(=O)N[C@H](C(=O)NC)C(C)C)N(C)C(=O)C(CC(C(=O)OC)C(=O)OC)N(C)C(=O)CCC. The minimum absolute atomic E-state index is 0.00421. The van der Waals surface area contributed by atoms with Crippen molar-refractivity contribution >= 4 is 35.6 Å². The Kier molecular flexibility index (Phi) is 16.6. The van der Waals surface area contributed by atoms with Gasteiger partial charge in [-0.05, 0) is 26.2 Å². The molecule has 0 aliphatic heterocycles. The van der Waals surface area contributed by atoms with Crippen LogP contribution >= 0.6 is 0 Å². The summed E-state index contributed by atoms with van der Waals surface area (Å²) in [7, 11) is 6.42. The van der Waals surface area contributed by atoms with Gasteiger partial charge in [0.25, 0.3) is 0 Å². The number of hydrogen-bond acceptors (Lipinski definition) is 9. The van der Waals surface area contributed by atoms with Crippen LogP contribution in [0.4, 0.5) is 0 Å². The van der Waals surface area contributed by atoms with Gasteiger partial charge in [-0.1, -0.05) is 26.8 Å². The Morgan fingerprint density at radius 2 is 1.48 bits per heavy atom. The number of carbonyl (C=O) groups excluding carboxylic acids is 6. The fourth-order valence-electron chi connectivity index (χ4n) is 4.33. The molecular weight excluding hydrogens is 548 g/mol. The number of likely N-dealkylation sites (N-methyl/N-ethyl adjacent to an activating group) is 3. The molecule has 42 heavy (non-hydrogen) atoms. The van der Waals surface area contributed by atoms with Crippen molar-refractivity contribution < 1.29 is 43.0 Å². The quantitative estimate of drug-likeness (QED) is 0.134. The number of rotatable bonds is 18. The molecule has 4 amide bonds. The molecule has 0 aromatic carbocycles. The lowest BCUT2D eigenvalue weighted by atomic mass is 9.93. The Morgan fingerprint density at radius 1 is 0.929 bits per heavy atom. The topological polar surface area (TPSA) is 161 Å². The zero-order valence-corrected chi connectivity index (χ0v) is 26.8. The Labute approximate surface area is 249 Å². The summed E-state index contributed by atoms with van der Waals surface area (Å²) in [6.45, 7) is 12.6. The highest BCUT2D eigenvalue weighted by molar-refractivity contribution is 5.97. The van der Waals surface area contributed by atoms with Gasteiger partial charge in [0.2, 0.25) is 23.6 Å². The molecule has 0 aromatic rings. The van der Waals surface area contributed by atoms with Gasteiger partial charge < -0.3 is 34.6 Å². The van der Waals surface area contributed by atoms with Gasteiger partial charge in [0, 0.05) is 40.4 Å². The second-order valence-corrected chi connectivity index (χ2v) is 11.0. The highest BCUT2D eigenvalue weighted by atomic mass is 16.5. The van der Waals surface area contributed by atoms with E-state index in [-0.39, 0.29) is 25.4 Å². The fraction of sp³-hybridized carbons (Fsp3) is 0.724. The third-order valence-electron chi connectivity index (χ3n) is 6.93. The van der Waals surface area contributed by atoms with Crippen LogP contribution in [0.25, 0.3) is 0 Å². The first-order chi connectivity index (χ1) is 19.5. The molecule has 0 fully saturated rings. The van der Waals surface area contributed by atoms with E-state index in [0.717, 1.165) is 24.0 Å². The van der Waals surface area contributed by atoms with Gasteiger partial charge in [0.15, 0.2) is 5.92 Å². The van der Waals surface area contributed by atoms with E-state index >= 15 is 0 Å². The molecule has 2 N–H and O–H groups in total. The zero-order valence-electron chi connectivity index (χ0n) is 26.8. The zero-order chi connectivity index (χ0) is 32.8. The molecule has 13 nitrogen and oxygen atoms in total. The van der Waals surface area contributed by atoms with Crippen LogP contribution in [-0.4, -0.2) is 111 Å². The molecule has 0 aromatic heterocycles. The third-order valence-corrected chi connectivity index (χ3v) is 6.93. The van der Waals surface area contributed by atoms with Crippen molar-refractivity contribution in [3.8, 4) is 0 Å². The van der Waals surface area contributed by atoms with Gasteiger partial charge in [0.05, 0.1) is 26.4 Å². The van der Waals surface area contributed by atoms with Crippen LogP contribution in [0.1, 0.15) is 60.3 Å². The number of methoxy groups -OCH3 is 2. The Morgan fingerprint density at radius 3 is 1.90 bits per heavy atom. The molecule has 0 saturated carbocycles. The molecule has 0 aliphatic carbocycles. The first kappa shape index (κ1) is 38.5. The lowest BCUT2D eigenvalue weighted by Gasteiger charge is -2.38. The maximum atomic E-state index is 14.1. The average Bonchev–Trinajstić information content (AvgIpc) is 2.95. The van der Waals surface area contributed by atoms with E-state index < -0.39 is 71.6 Å². The molecule has 13 heteroatoms. The number of carbonyl (C=O) groups is 6. The van der Waals surface area contributed by atoms with E-state index in [1.54, 1.807) is 40.7 Å². The van der Waals surface area contributed by atoms with Crippen molar-refractivity contribution in [2.75, 3.05) is 42.0 Å². The van der Waals surface area contributed by atoms with E-state index in [2.05, 4.69) is 17.2 Å². The van der Waals surface area contributed by atoms with Gasteiger partial charge in [-0.2, -0.15) is 0 Å². The van der Waals surface area contributed by atoms with Crippen LogP contribution in [0.5, 0.6) is 0 Å². The van der Waals surface area contributed by atoms with E-state index in [4.69, 9.17) is 14.2 Å². The molecule has 0 radical (unpaired) electrons. The van der Waals surface area contributed by atoms with Gasteiger partial charge in [0.1, 0.15) is 18.1 Å². The number of amides is 4. The lowest BCUT2D eigenvalue weighted by molar-refractivity contribution is -0.162. The van der Waals surface area contributed by atoms with Crippen LogP contribution < -0.4 is 10.6 Å². The summed E-state index contributed by atoms with van der Waals surface area (Å²) in [5.41, 5.74) is -0.926. The Bertz CT molecular complexity index is 951. The van der Waals surface area contributed by atoms with Crippen molar-refractivity contribution in [3.05, 3.63) is 12.7 Å². The molecule has 3 atom stereocenters. The monoisotopic (exact) mass is 598 g/mol. The van der Waals surface area contributed by atoms with E-state index in [1.807, 2.05) is 0 Å². The summed E-state index contributed by atoms with van der Waals surface area (Å²) in [6, 6.07) is -3.39. The predicted molar refractivity (Wildman–Crippen MR) is 156 cm³/mol. The smallest absolute Gasteiger partial charge is 0.320 e. The van der Waals surface area contributed by atoms with Crippen molar-refractivity contribution in [2.24, 2.45) is 11.8 Å². The molecule has 0 saturated heterocycles. The summed E-state index contributed by atoms with van der Waals surface area (Å²) >= 11 is 0. The van der Waals surface area contributed by atoms with Crippen molar-refractivity contribution in [1.82, 2.24) is 20.4 Å². The fourth-order valence-corrected chi connectivity index (χ4v) is 4.33. The lowest BCUT2D eigenvalue weighted by Crippen LogP contribution is -2.59. The minimum Gasteiger partial charge on any atom is -0.468 e. The maximum absolute atomic E-state index is 14.1. The maximum Gasteiger partial charge on any atom is 0.320 e. The summed E-state index contributed by atoms with van der Waals surface area (Å²) in [5.74, 6) is -5.77. The summed E-state index contributed by atoms with van der Waals surface area (Å²) < 4.78 is 15.4. The molecule has 0 rings (SSSR count). The summed E-state index contributed by atoms with van der Waals surface area (Å²) in [5, 5.41) is 5.27. The first-order valence-corrected chi connectivity index (χ1v) is 14.0. The molecular formula is C29H50N4O9. The molecule has 0 bridgehead atoms. The average molecular weight is 599 g/mol. The molecule has 0 spiro atoms. The van der Waals surface area contributed by atoms with Gasteiger partial charge >= 0.3 is 11.9 Å². The normalized spacial score (nSPS) is 13.4. The second kappa shape index (κ2) is 18.1. The summed E-state index contributed by atoms with van der Waals surface area (Å²) in [6.07, 6.45) is 1.72. The summed E-state index contributed by atoms with van der Waals surface area (Å²) in [4.78, 5) is 80.6. The number of nitrogens with one attached hydrogen (secondary N) is 2. The van der Waals surface area contributed by atoms with E-state index in [0.29, 0.717) is 6.42 Å². The van der Waals surface area contributed by atoms with Gasteiger partial charge in [-0.25, -0.2) is 0 Å². The van der Waals surface area contributed by atoms with Crippen molar-refractivity contribution in [3.63, 3.8) is 0 Å². The molecule has 240 valence electrons. The highest BCUT2D eigenvalue weighted by Crippen LogP contribution is 2.24. The molecule has 0 aliphatic rings.